The maximum absolute atomic E-state index is 11.6. The van der Waals surface area contributed by atoms with Crippen molar-refractivity contribution in [2.45, 2.75) is 71.6 Å². The Labute approximate surface area is 111 Å². The summed E-state index contributed by atoms with van der Waals surface area (Å²) >= 11 is 0. The predicted octanol–water partition coefficient (Wildman–Crippen LogP) is 2.68. The van der Waals surface area contributed by atoms with Gasteiger partial charge in [-0.1, -0.05) is 13.8 Å². The third kappa shape index (κ3) is 5.71. The molecule has 0 spiro atoms. The minimum Gasteiger partial charge on any atom is -0.444 e. The predicted molar refractivity (Wildman–Crippen MR) is 73.6 cm³/mol. The number of rotatable bonds is 5. The van der Waals surface area contributed by atoms with E-state index in [0.717, 1.165) is 18.9 Å². The normalized spacial score (nSPS) is 25.2. The van der Waals surface area contributed by atoms with E-state index in [1.165, 1.54) is 12.8 Å². The van der Waals surface area contributed by atoms with Crippen LogP contribution in [0.15, 0.2) is 0 Å². The van der Waals surface area contributed by atoms with Crippen molar-refractivity contribution in [3.05, 3.63) is 0 Å². The Balaban J connectivity index is 2.22. The quantitative estimate of drug-likeness (QED) is 0.795. The number of carbonyl (C=O) groups is 1. The molecule has 1 amide bonds. The van der Waals surface area contributed by atoms with Gasteiger partial charge in [-0.05, 0) is 46.0 Å². The van der Waals surface area contributed by atoms with Crippen LogP contribution in [0.25, 0.3) is 0 Å². The second-order valence-electron chi connectivity index (χ2n) is 6.43. The first-order valence-electron chi connectivity index (χ1n) is 7.03. The number of amides is 1. The zero-order valence-corrected chi connectivity index (χ0v) is 12.4. The van der Waals surface area contributed by atoms with Crippen LogP contribution in [0.1, 0.15) is 53.9 Å². The van der Waals surface area contributed by atoms with Crippen molar-refractivity contribution in [1.29, 1.82) is 0 Å². The Morgan fingerprint density at radius 3 is 2.44 bits per heavy atom. The van der Waals surface area contributed by atoms with Crippen LogP contribution in [-0.4, -0.2) is 30.3 Å². The van der Waals surface area contributed by atoms with E-state index in [1.807, 2.05) is 20.8 Å². The fourth-order valence-corrected chi connectivity index (χ4v) is 2.15. The highest BCUT2D eigenvalue weighted by Gasteiger charge is 2.25. The fourth-order valence-electron chi connectivity index (χ4n) is 2.15. The smallest absolute Gasteiger partial charge is 0.407 e. The van der Waals surface area contributed by atoms with E-state index < -0.39 is 5.60 Å². The van der Waals surface area contributed by atoms with Gasteiger partial charge >= 0.3 is 6.09 Å². The Morgan fingerprint density at radius 2 is 2.00 bits per heavy atom. The van der Waals surface area contributed by atoms with Crippen molar-refractivity contribution < 1.29 is 9.53 Å². The van der Waals surface area contributed by atoms with E-state index in [9.17, 15) is 4.79 Å². The summed E-state index contributed by atoms with van der Waals surface area (Å²) in [7, 11) is 0. The lowest BCUT2D eigenvalue weighted by atomic mass is 9.82. The zero-order chi connectivity index (χ0) is 13.8. The monoisotopic (exact) mass is 256 g/mol. The third-order valence-electron chi connectivity index (χ3n) is 3.24. The molecule has 0 aliphatic heterocycles. The van der Waals surface area contributed by atoms with Gasteiger partial charge in [-0.3, -0.25) is 0 Å². The molecule has 1 fully saturated rings. The first-order valence-corrected chi connectivity index (χ1v) is 7.03. The van der Waals surface area contributed by atoms with Crippen molar-refractivity contribution >= 4 is 6.09 Å². The highest BCUT2D eigenvalue weighted by atomic mass is 16.6. The summed E-state index contributed by atoms with van der Waals surface area (Å²) in [4.78, 5) is 11.6. The molecule has 0 saturated heterocycles. The Morgan fingerprint density at radius 1 is 1.39 bits per heavy atom. The molecule has 0 bridgehead atoms. The molecule has 0 aromatic heterocycles. The summed E-state index contributed by atoms with van der Waals surface area (Å²) in [5.41, 5.74) is -0.431. The molecule has 0 aromatic carbocycles. The lowest BCUT2D eigenvalue weighted by Crippen LogP contribution is -2.49. The van der Waals surface area contributed by atoms with Crippen molar-refractivity contribution in [3.8, 4) is 0 Å². The van der Waals surface area contributed by atoms with Gasteiger partial charge in [-0.15, -0.1) is 0 Å². The van der Waals surface area contributed by atoms with E-state index in [4.69, 9.17) is 4.74 Å². The van der Waals surface area contributed by atoms with Gasteiger partial charge in [0.1, 0.15) is 5.60 Å². The SMILES string of the molecule is CCC(CNC1CC(C)C1)NC(=O)OC(C)(C)C. The summed E-state index contributed by atoms with van der Waals surface area (Å²) < 4.78 is 5.26. The van der Waals surface area contributed by atoms with Gasteiger partial charge in [0, 0.05) is 18.6 Å². The summed E-state index contributed by atoms with van der Waals surface area (Å²) in [6.45, 7) is 10.8. The van der Waals surface area contributed by atoms with E-state index in [1.54, 1.807) is 0 Å². The lowest BCUT2D eigenvalue weighted by Gasteiger charge is -2.34. The molecule has 1 rings (SSSR count). The average molecular weight is 256 g/mol. The van der Waals surface area contributed by atoms with Gasteiger partial charge < -0.3 is 15.4 Å². The van der Waals surface area contributed by atoms with Crippen LogP contribution in [-0.2, 0) is 4.74 Å². The molecule has 1 atom stereocenters. The standard InChI is InChI=1S/C14H28N2O2/c1-6-11(9-15-12-7-10(2)8-12)16-13(17)18-14(3,4)5/h10-12,15H,6-9H2,1-5H3,(H,16,17). The highest BCUT2D eigenvalue weighted by Crippen LogP contribution is 2.26. The molecule has 1 unspecified atom stereocenters. The molecular weight excluding hydrogens is 228 g/mol. The number of nitrogens with one attached hydrogen (secondary N) is 2. The molecule has 4 nitrogen and oxygen atoms in total. The summed E-state index contributed by atoms with van der Waals surface area (Å²) in [6, 6.07) is 0.783. The Hall–Kier alpha value is -0.770. The first-order chi connectivity index (χ1) is 8.30. The van der Waals surface area contributed by atoms with Gasteiger partial charge in [0.05, 0.1) is 0 Å². The second kappa shape index (κ2) is 6.41. The number of ether oxygens (including phenoxy) is 1. The van der Waals surface area contributed by atoms with E-state index >= 15 is 0 Å². The van der Waals surface area contributed by atoms with Crippen LogP contribution < -0.4 is 10.6 Å². The summed E-state index contributed by atoms with van der Waals surface area (Å²) in [6.07, 6.45) is 3.10. The molecule has 0 aromatic rings. The van der Waals surface area contributed by atoms with Crippen LogP contribution in [0, 0.1) is 5.92 Å². The van der Waals surface area contributed by atoms with Gasteiger partial charge in [-0.2, -0.15) is 0 Å². The molecule has 4 heteroatoms. The van der Waals surface area contributed by atoms with Crippen LogP contribution in [0.4, 0.5) is 4.79 Å². The van der Waals surface area contributed by atoms with Crippen molar-refractivity contribution in [3.63, 3.8) is 0 Å². The largest absolute Gasteiger partial charge is 0.444 e. The summed E-state index contributed by atoms with van der Waals surface area (Å²) in [5, 5.41) is 6.41. The molecule has 0 radical (unpaired) electrons. The molecule has 106 valence electrons. The maximum atomic E-state index is 11.6. The number of hydrogen-bond donors (Lipinski definition) is 2. The van der Waals surface area contributed by atoms with Gasteiger partial charge in [-0.25, -0.2) is 4.79 Å². The lowest BCUT2D eigenvalue weighted by molar-refractivity contribution is 0.0500. The number of hydrogen-bond acceptors (Lipinski definition) is 3. The average Bonchev–Trinajstić information content (AvgIpc) is 2.17. The van der Waals surface area contributed by atoms with Crippen molar-refractivity contribution in [2.75, 3.05) is 6.54 Å². The highest BCUT2D eigenvalue weighted by molar-refractivity contribution is 5.68. The third-order valence-corrected chi connectivity index (χ3v) is 3.24. The van der Waals surface area contributed by atoms with Crippen LogP contribution in [0.5, 0.6) is 0 Å². The molecule has 18 heavy (non-hydrogen) atoms. The van der Waals surface area contributed by atoms with Crippen molar-refractivity contribution in [2.24, 2.45) is 5.92 Å². The van der Waals surface area contributed by atoms with E-state index in [-0.39, 0.29) is 12.1 Å². The Kier molecular flexibility index (Phi) is 5.45. The fraction of sp³-hybridized carbons (Fsp3) is 0.929. The van der Waals surface area contributed by atoms with Gasteiger partial charge in [0.25, 0.3) is 0 Å². The first kappa shape index (κ1) is 15.3. The number of carbonyl (C=O) groups excluding carboxylic acids is 1. The topological polar surface area (TPSA) is 50.4 Å². The molecule has 1 aliphatic rings. The molecular formula is C14H28N2O2. The summed E-state index contributed by atoms with van der Waals surface area (Å²) in [5.74, 6) is 0.849. The molecule has 1 saturated carbocycles. The van der Waals surface area contributed by atoms with Gasteiger partial charge in [0.15, 0.2) is 0 Å². The number of alkyl carbamates (subject to hydrolysis) is 1. The zero-order valence-electron chi connectivity index (χ0n) is 12.4. The molecule has 1 aliphatic carbocycles. The molecule has 0 heterocycles. The minimum atomic E-state index is -0.431. The van der Waals surface area contributed by atoms with Crippen LogP contribution in [0.2, 0.25) is 0 Å². The molecule has 2 N–H and O–H groups in total. The van der Waals surface area contributed by atoms with E-state index in [0.29, 0.717) is 6.04 Å². The van der Waals surface area contributed by atoms with E-state index in [2.05, 4.69) is 24.5 Å². The second-order valence-corrected chi connectivity index (χ2v) is 6.43. The van der Waals surface area contributed by atoms with Gasteiger partial charge in [0.2, 0.25) is 0 Å². The van der Waals surface area contributed by atoms with Crippen LogP contribution >= 0.6 is 0 Å². The minimum absolute atomic E-state index is 0.149. The maximum Gasteiger partial charge on any atom is 0.407 e. The Bertz CT molecular complexity index is 267. The van der Waals surface area contributed by atoms with Crippen molar-refractivity contribution in [1.82, 2.24) is 10.6 Å². The van der Waals surface area contributed by atoms with Crippen LogP contribution in [0.3, 0.4) is 0 Å².